The van der Waals surface area contributed by atoms with Gasteiger partial charge in [-0.05, 0) is 0 Å². The molecule has 0 amide bonds. The lowest BCUT2D eigenvalue weighted by molar-refractivity contribution is -0.483. The van der Waals surface area contributed by atoms with E-state index in [0.29, 0.717) is 5.92 Å². The lowest BCUT2D eigenvalue weighted by Crippen LogP contribution is -2.31. The second kappa shape index (κ2) is 1.28. The minimum absolute atomic E-state index is 0.616. The second-order valence-electron chi connectivity index (χ2n) is 2.11. The van der Waals surface area contributed by atoms with Crippen LogP contribution in [0.15, 0.2) is 17.4 Å². The van der Waals surface area contributed by atoms with E-state index in [0.717, 1.165) is 6.54 Å². The number of hydrogen-bond donors (Lipinski definition) is 0. The zero-order valence-electron chi connectivity index (χ0n) is 4.49. The van der Waals surface area contributed by atoms with E-state index in [1.807, 2.05) is 18.6 Å². The molecule has 0 fully saturated rings. The third-order valence-electron chi connectivity index (χ3n) is 1.43. The lowest BCUT2D eigenvalue weighted by Gasteiger charge is -2.08. The summed E-state index contributed by atoms with van der Waals surface area (Å²) in [5.41, 5.74) is 0. The van der Waals surface area contributed by atoms with Gasteiger partial charge in [-0.25, -0.2) is 4.58 Å². The molecule has 40 valence electrons. The van der Waals surface area contributed by atoms with Crippen LogP contribution in [0, 0.1) is 5.92 Å². The highest BCUT2D eigenvalue weighted by molar-refractivity contribution is 5.84. The first-order chi connectivity index (χ1) is 3.95. The minimum atomic E-state index is 0.616. The fourth-order valence-electron chi connectivity index (χ4n) is 0.940. The Balaban J connectivity index is 2.39. The van der Waals surface area contributed by atoms with Gasteiger partial charge in [-0.2, -0.15) is 0 Å². The Bertz CT molecular complexity index is 186. The summed E-state index contributed by atoms with van der Waals surface area (Å²) in [5.74, 6) is 0.616. The average molecular weight is 107 g/mol. The maximum atomic E-state index is 4.02. The third-order valence-corrected chi connectivity index (χ3v) is 1.43. The van der Waals surface area contributed by atoms with E-state index in [9.17, 15) is 0 Å². The Hall–Kier alpha value is -0.920. The summed E-state index contributed by atoms with van der Waals surface area (Å²) in [6.45, 7) is 1.12. The van der Waals surface area contributed by atoms with Crippen LogP contribution in [0.5, 0.6) is 0 Å². The highest BCUT2D eigenvalue weighted by atomic mass is 15.0. The van der Waals surface area contributed by atoms with Gasteiger partial charge in [0.05, 0.1) is 6.20 Å². The molecule has 0 spiro atoms. The van der Waals surface area contributed by atoms with Crippen molar-refractivity contribution < 1.29 is 4.58 Å². The zero-order valence-corrected chi connectivity index (χ0v) is 4.49. The maximum absolute atomic E-state index is 4.02. The SMILES string of the molecule is C1=C[N+]2=CC(C=N1)C2. The van der Waals surface area contributed by atoms with Crippen molar-refractivity contribution in [3.05, 3.63) is 12.4 Å². The molecule has 1 unspecified atom stereocenters. The quantitative estimate of drug-likeness (QED) is 0.394. The summed E-state index contributed by atoms with van der Waals surface area (Å²) in [5, 5.41) is 0. The number of fused-ring (bicyclic) bond motifs is 1. The molecule has 3 heterocycles. The summed E-state index contributed by atoms with van der Waals surface area (Å²) in [4.78, 5) is 4.02. The van der Waals surface area contributed by atoms with Gasteiger partial charge in [-0.1, -0.05) is 0 Å². The largest absolute Gasteiger partial charge is 0.262 e. The third kappa shape index (κ3) is 0.427. The molecule has 0 aromatic heterocycles. The first-order valence-corrected chi connectivity index (χ1v) is 2.76. The first-order valence-electron chi connectivity index (χ1n) is 2.76. The summed E-state index contributed by atoms with van der Waals surface area (Å²) in [7, 11) is 0. The predicted molar refractivity (Wildman–Crippen MR) is 32.3 cm³/mol. The average Bonchev–Trinajstić information content (AvgIpc) is 1.89. The molecule has 0 aliphatic carbocycles. The van der Waals surface area contributed by atoms with Crippen LogP contribution in [0.4, 0.5) is 0 Å². The van der Waals surface area contributed by atoms with Crippen molar-refractivity contribution >= 4 is 12.4 Å². The summed E-state index contributed by atoms with van der Waals surface area (Å²) in [6, 6.07) is 0. The molecule has 0 saturated heterocycles. The summed E-state index contributed by atoms with van der Waals surface area (Å²) in [6.07, 6.45) is 7.94. The topological polar surface area (TPSA) is 15.4 Å². The van der Waals surface area contributed by atoms with Gasteiger partial charge in [-0.15, -0.1) is 0 Å². The number of aliphatic imine (C=N–C) groups is 1. The van der Waals surface area contributed by atoms with Crippen molar-refractivity contribution in [1.29, 1.82) is 0 Å². The van der Waals surface area contributed by atoms with Crippen molar-refractivity contribution in [2.45, 2.75) is 0 Å². The lowest BCUT2D eigenvalue weighted by atomic mass is 10.1. The normalized spacial score (nSPS) is 31.0. The smallest absolute Gasteiger partial charge is 0.186 e. The molecular weight excluding hydrogens is 100 g/mol. The van der Waals surface area contributed by atoms with E-state index in [4.69, 9.17) is 0 Å². The van der Waals surface area contributed by atoms with Gasteiger partial charge in [0, 0.05) is 6.21 Å². The van der Waals surface area contributed by atoms with Gasteiger partial charge in [0.1, 0.15) is 5.92 Å². The molecular formula is C6H7N2+. The van der Waals surface area contributed by atoms with Crippen molar-refractivity contribution in [2.24, 2.45) is 10.9 Å². The monoisotopic (exact) mass is 107 g/mol. The molecule has 3 aliphatic rings. The molecule has 0 N–H and O–H groups in total. The first kappa shape index (κ1) is 4.01. The molecule has 0 saturated carbocycles. The Morgan fingerprint density at radius 2 is 2.50 bits per heavy atom. The van der Waals surface area contributed by atoms with E-state index in [2.05, 4.69) is 15.8 Å². The van der Waals surface area contributed by atoms with Crippen LogP contribution < -0.4 is 0 Å². The molecule has 0 aromatic carbocycles. The van der Waals surface area contributed by atoms with Crippen LogP contribution in [0.1, 0.15) is 0 Å². The van der Waals surface area contributed by atoms with Gasteiger partial charge in [-0.3, -0.25) is 4.99 Å². The second-order valence-corrected chi connectivity index (χ2v) is 2.11. The Morgan fingerprint density at radius 3 is 3.38 bits per heavy atom. The predicted octanol–water partition coefficient (Wildman–Crippen LogP) is 0.255. The van der Waals surface area contributed by atoms with Crippen LogP contribution in [-0.2, 0) is 0 Å². The molecule has 8 heavy (non-hydrogen) atoms. The van der Waals surface area contributed by atoms with Crippen molar-refractivity contribution in [1.82, 2.24) is 0 Å². The van der Waals surface area contributed by atoms with Crippen molar-refractivity contribution in [3.8, 4) is 0 Å². The van der Waals surface area contributed by atoms with Gasteiger partial charge in [0.2, 0.25) is 0 Å². The molecule has 3 aliphatic heterocycles. The van der Waals surface area contributed by atoms with Crippen LogP contribution in [0.3, 0.4) is 0 Å². The maximum Gasteiger partial charge on any atom is 0.186 e. The van der Waals surface area contributed by atoms with E-state index in [1.165, 1.54) is 0 Å². The zero-order chi connectivity index (χ0) is 5.40. The van der Waals surface area contributed by atoms with Crippen molar-refractivity contribution in [3.63, 3.8) is 0 Å². The van der Waals surface area contributed by atoms with Gasteiger partial charge in [0.15, 0.2) is 19.0 Å². The molecule has 2 nitrogen and oxygen atoms in total. The fraction of sp³-hybridized carbons (Fsp3) is 0.333. The number of hydrogen-bond acceptors (Lipinski definition) is 1. The van der Waals surface area contributed by atoms with Gasteiger partial charge >= 0.3 is 0 Å². The van der Waals surface area contributed by atoms with Crippen LogP contribution in [0.25, 0.3) is 0 Å². The highest BCUT2D eigenvalue weighted by Crippen LogP contribution is 2.04. The van der Waals surface area contributed by atoms with Gasteiger partial charge in [0.25, 0.3) is 0 Å². The van der Waals surface area contributed by atoms with Gasteiger partial charge < -0.3 is 0 Å². The molecule has 1 atom stereocenters. The van der Waals surface area contributed by atoms with E-state index in [-0.39, 0.29) is 0 Å². The molecule has 2 bridgehead atoms. The van der Waals surface area contributed by atoms with E-state index >= 15 is 0 Å². The van der Waals surface area contributed by atoms with Crippen molar-refractivity contribution in [2.75, 3.05) is 6.54 Å². The van der Waals surface area contributed by atoms with E-state index in [1.54, 1.807) is 0 Å². The Morgan fingerprint density at radius 1 is 1.62 bits per heavy atom. The van der Waals surface area contributed by atoms with E-state index < -0.39 is 0 Å². The number of nitrogens with zero attached hydrogens (tertiary/aromatic N) is 2. The molecule has 3 rings (SSSR count). The fourth-order valence-corrected chi connectivity index (χ4v) is 0.940. The van der Waals surface area contributed by atoms with Crippen LogP contribution in [-0.4, -0.2) is 23.5 Å². The summed E-state index contributed by atoms with van der Waals surface area (Å²) >= 11 is 0. The Kier molecular flexibility index (Phi) is 0.640. The Labute approximate surface area is 47.9 Å². The van der Waals surface area contributed by atoms with Crippen LogP contribution in [0.2, 0.25) is 0 Å². The number of rotatable bonds is 0. The molecule has 2 heteroatoms. The van der Waals surface area contributed by atoms with Crippen LogP contribution >= 0.6 is 0 Å². The molecule has 0 aromatic rings. The standard InChI is InChI=1S/C6H7N2/c1-2-8-4-6(5-8)3-7-1/h1-4,6H,5H2/q+1. The highest BCUT2D eigenvalue weighted by Gasteiger charge is 2.24. The summed E-state index contributed by atoms with van der Waals surface area (Å²) < 4.78 is 2.14. The molecule has 0 radical (unpaired) electrons. The minimum Gasteiger partial charge on any atom is -0.262 e.